The molecule has 7 N–H and O–H groups in total. The summed E-state index contributed by atoms with van der Waals surface area (Å²) in [6, 6.07) is 0. The van der Waals surface area contributed by atoms with Crippen LogP contribution in [-0.2, 0) is 4.79 Å². The van der Waals surface area contributed by atoms with Crippen LogP contribution in [-0.4, -0.2) is 62.0 Å². The van der Waals surface area contributed by atoms with Crippen molar-refractivity contribution in [3.05, 3.63) is 0 Å². The van der Waals surface area contributed by atoms with Gasteiger partial charge < -0.3 is 31.3 Å². The highest BCUT2D eigenvalue weighted by atomic mass is 16.4. The van der Waals surface area contributed by atoms with Gasteiger partial charge in [0, 0.05) is 0 Å². The molecule has 0 aliphatic carbocycles. The number of hydrogen-bond acceptors (Lipinski definition) is 6. The molecule has 126 valence electrons. The smallest absolute Gasteiger partial charge is 0.252 e. The lowest BCUT2D eigenvalue weighted by Gasteiger charge is -2.34. The normalized spacial score (nSPS) is 18.8. The van der Waals surface area contributed by atoms with E-state index in [1.807, 2.05) is 0 Å². The van der Waals surface area contributed by atoms with E-state index in [1.54, 1.807) is 0 Å². The monoisotopic (exact) mass is 307 g/mol. The van der Waals surface area contributed by atoms with Crippen LogP contribution in [0.2, 0.25) is 0 Å². The molecule has 0 spiro atoms. The van der Waals surface area contributed by atoms with Crippen LogP contribution in [0.1, 0.15) is 51.9 Å². The number of rotatable bonds is 12. The summed E-state index contributed by atoms with van der Waals surface area (Å²) < 4.78 is 0. The van der Waals surface area contributed by atoms with E-state index in [0.717, 1.165) is 32.1 Å². The summed E-state index contributed by atoms with van der Waals surface area (Å²) >= 11 is 0. The fourth-order valence-corrected chi connectivity index (χ4v) is 2.19. The molecule has 1 amide bonds. The maximum atomic E-state index is 11.4. The first kappa shape index (κ1) is 20.3. The van der Waals surface area contributed by atoms with Gasteiger partial charge in [0.25, 0.3) is 5.91 Å². The Kier molecular flexibility index (Phi) is 9.72. The topological polar surface area (TPSA) is 144 Å². The molecule has 0 aromatic rings. The van der Waals surface area contributed by atoms with Crippen molar-refractivity contribution in [1.29, 1.82) is 0 Å². The fourth-order valence-electron chi connectivity index (χ4n) is 2.19. The Balaban J connectivity index is 4.51. The first-order valence-corrected chi connectivity index (χ1v) is 7.48. The second-order valence-corrected chi connectivity index (χ2v) is 5.49. The van der Waals surface area contributed by atoms with Crippen molar-refractivity contribution in [3.63, 3.8) is 0 Å². The molecule has 0 bridgehead atoms. The van der Waals surface area contributed by atoms with Crippen molar-refractivity contribution in [1.82, 2.24) is 0 Å². The minimum Gasteiger partial charge on any atom is -0.394 e. The van der Waals surface area contributed by atoms with Crippen molar-refractivity contribution in [3.8, 4) is 0 Å². The Morgan fingerprint density at radius 3 is 2.10 bits per heavy atom. The van der Waals surface area contributed by atoms with Gasteiger partial charge in [0.2, 0.25) is 0 Å². The third-order valence-electron chi connectivity index (χ3n) is 3.73. The first-order valence-electron chi connectivity index (χ1n) is 7.48. The number of unbranched alkanes of at least 4 members (excludes halogenated alkanes) is 5. The quantitative estimate of drug-likeness (QED) is 0.256. The molecular weight excluding hydrogens is 278 g/mol. The number of hydrogen-bond donors (Lipinski definition) is 6. The van der Waals surface area contributed by atoms with Crippen LogP contribution in [0, 0.1) is 0 Å². The molecular formula is C14H29NO6. The average Bonchev–Trinajstić information content (AvgIpc) is 2.47. The summed E-state index contributed by atoms with van der Waals surface area (Å²) in [5, 5.41) is 47.7. The van der Waals surface area contributed by atoms with E-state index in [-0.39, 0.29) is 6.42 Å². The lowest BCUT2D eigenvalue weighted by atomic mass is 9.85. The molecule has 0 saturated heterocycles. The van der Waals surface area contributed by atoms with Crippen molar-refractivity contribution in [2.24, 2.45) is 5.73 Å². The zero-order valence-corrected chi connectivity index (χ0v) is 12.6. The second-order valence-electron chi connectivity index (χ2n) is 5.49. The van der Waals surface area contributed by atoms with Gasteiger partial charge in [0.15, 0.2) is 5.60 Å². The van der Waals surface area contributed by atoms with Crippen molar-refractivity contribution >= 4 is 5.91 Å². The molecule has 0 fully saturated rings. The van der Waals surface area contributed by atoms with E-state index in [2.05, 4.69) is 6.92 Å². The molecule has 0 aliphatic rings. The number of carbonyl (C=O) groups excluding carboxylic acids is 1. The largest absolute Gasteiger partial charge is 0.394 e. The summed E-state index contributed by atoms with van der Waals surface area (Å²) in [6.45, 7) is 1.29. The van der Waals surface area contributed by atoms with Gasteiger partial charge in [-0.25, -0.2) is 0 Å². The van der Waals surface area contributed by atoms with Crippen LogP contribution < -0.4 is 5.73 Å². The maximum absolute atomic E-state index is 11.4. The molecule has 0 unspecified atom stereocenters. The molecule has 0 aliphatic heterocycles. The van der Waals surface area contributed by atoms with Crippen LogP contribution in [0.25, 0.3) is 0 Å². The van der Waals surface area contributed by atoms with Gasteiger partial charge in [0.05, 0.1) is 6.61 Å². The highest BCUT2D eigenvalue weighted by Crippen LogP contribution is 2.23. The molecule has 21 heavy (non-hydrogen) atoms. The molecule has 4 atom stereocenters. The van der Waals surface area contributed by atoms with E-state index < -0.39 is 36.4 Å². The van der Waals surface area contributed by atoms with Gasteiger partial charge >= 0.3 is 0 Å². The Bertz CT molecular complexity index is 301. The van der Waals surface area contributed by atoms with E-state index in [1.165, 1.54) is 0 Å². The Morgan fingerprint density at radius 1 is 1.10 bits per heavy atom. The van der Waals surface area contributed by atoms with Crippen LogP contribution in [0.4, 0.5) is 0 Å². The van der Waals surface area contributed by atoms with Crippen molar-refractivity contribution < 1.29 is 30.3 Å². The lowest BCUT2D eigenvalue weighted by molar-refractivity contribution is -0.175. The highest BCUT2D eigenvalue weighted by molar-refractivity contribution is 5.84. The number of carbonyl (C=O) groups is 1. The van der Waals surface area contributed by atoms with Gasteiger partial charge in [-0.1, -0.05) is 39.0 Å². The number of aliphatic hydroxyl groups excluding tert-OH is 4. The third-order valence-corrected chi connectivity index (χ3v) is 3.73. The Morgan fingerprint density at radius 2 is 1.62 bits per heavy atom. The zero-order chi connectivity index (χ0) is 16.5. The summed E-state index contributed by atoms with van der Waals surface area (Å²) in [7, 11) is 0. The molecule has 0 aromatic carbocycles. The van der Waals surface area contributed by atoms with Gasteiger partial charge in [-0.15, -0.1) is 0 Å². The molecule has 7 heteroatoms. The number of aliphatic hydroxyl groups is 5. The first-order chi connectivity index (χ1) is 9.81. The second kappa shape index (κ2) is 10.1. The molecule has 0 heterocycles. The maximum Gasteiger partial charge on any atom is 0.252 e. The van der Waals surface area contributed by atoms with Gasteiger partial charge in [-0.2, -0.15) is 0 Å². The van der Waals surface area contributed by atoms with Crippen LogP contribution in [0.3, 0.4) is 0 Å². The Hall–Kier alpha value is -0.730. The minimum absolute atomic E-state index is 0.106. The minimum atomic E-state index is -2.32. The number of primary amides is 1. The highest BCUT2D eigenvalue weighted by Gasteiger charge is 2.46. The molecule has 0 saturated carbocycles. The predicted octanol–water partition coefficient (Wildman–Crippen LogP) is -0.972. The van der Waals surface area contributed by atoms with Crippen molar-refractivity contribution in [2.75, 3.05) is 6.61 Å². The summed E-state index contributed by atoms with van der Waals surface area (Å²) in [5.74, 6) is -1.16. The summed E-state index contributed by atoms with van der Waals surface area (Å²) in [4.78, 5) is 11.4. The molecule has 0 rings (SSSR count). The summed E-state index contributed by atoms with van der Waals surface area (Å²) in [6.07, 6.45) is -0.121. The zero-order valence-electron chi connectivity index (χ0n) is 12.6. The fraction of sp³-hybridized carbons (Fsp3) is 0.929. The van der Waals surface area contributed by atoms with E-state index in [4.69, 9.17) is 10.8 Å². The van der Waals surface area contributed by atoms with Gasteiger partial charge in [0.1, 0.15) is 18.3 Å². The standard InChI is InChI=1S/C14H29NO6/c1-2-3-4-5-6-7-8-14(21,13(15)20)12(19)11(18)10(17)9-16/h10-12,16-19,21H,2-9H2,1H3,(H2,15,20)/t10-,11-,12+,14-/m0/s1. The predicted molar refractivity (Wildman–Crippen MR) is 77.2 cm³/mol. The van der Waals surface area contributed by atoms with Gasteiger partial charge in [-0.05, 0) is 12.8 Å². The van der Waals surface area contributed by atoms with E-state index in [0.29, 0.717) is 6.42 Å². The van der Waals surface area contributed by atoms with E-state index in [9.17, 15) is 25.2 Å². The molecule has 0 aromatic heterocycles. The van der Waals surface area contributed by atoms with Crippen LogP contribution in [0.5, 0.6) is 0 Å². The SMILES string of the molecule is CCCCCCCC[C@@](O)(C(N)=O)[C@H](O)[C@@H](O)[C@@H](O)CO. The molecule has 0 radical (unpaired) electrons. The number of amides is 1. The lowest BCUT2D eigenvalue weighted by Crippen LogP contribution is -2.60. The summed E-state index contributed by atoms with van der Waals surface area (Å²) in [5.41, 5.74) is 2.79. The van der Waals surface area contributed by atoms with Gasteiger partial charge in [-0.3, -0.25) is 4.79 Å². The van der Waals surface area contributed by atoms with Crippen LogP contribution in [0.15, 0.2) is 0 Å². The van der Waals surface area contributed by atoms with Crippen LogP contribution >= 0.6 is 0 Å². The third kappa shape index (κ3) is 6.27. The average molecular weight is 307 g/mol. The Labute approximate surface area is 125 Å². The number of nitrogens with two attached hydrogens (primary N) is 1. The van der Waals surface area contributed by atoms with E-state index >= 15 is 0 Å². The van der Waals surface area contributed by atoms with Crippen molar-refractivity contribution in [2.45, 2.75) is 75.8 Å². The molecule has 7 nitrogen and oxygen atoms in total.